The second-order valence-corrected chi connectivity index (χ2v) is 14.2. The number of rotatable bonds is 6. The largest absolute Gasteiger partial charge is 0.296 e. The van der Waals surface area contributed by atoms with Crippen molar-refractivity contribution in [3.8, 4) is 0 Å². The topological polar surface area (TPSA) is 46.6 Å². The van der Waals surface area contributed by atoms with Gasteiger partial charge in [0.2, 0.25) is 0 Å². The summed E-state index contributed by atoms with van der Waals surface area (Å²) < 4.78 is 31.8. The first-order valence-corrected chi connectivity index (χ1v) is 14.8. The van der Waals surface area contributed by atoms with E-state index in [2.05, 4.69) is 25.7 Å². The Bertz CT molecular complexity index is 1040. The summed E-state index contributed by atoms with van der Waals surface area (Å²) in [5.74, 6) is 2.85. The monoisotopic (exact) mass is 471 g/mol. The zero-order valence-electron chi connectivity index (χ0n) is 20.8. The van der Waals surface area contributed by atoms with E-state index in [-0.39, 0.29) is 10.3 Å². The molecule has 0 radical (unpaired) electrons. The quantitative estimate of drug-likeness (QED) is 0.492. The summed E-state index contributed by atoms with van der Waals surface area (Å²) in [5, 5.41) is 0. The maximum absolute atomic E-state index is 13.0. The van der Waals surface area contributed by atoms with Crippen LogP contribution in [0.25, 0.3) is 0 Å². The third-order valence-electron chi connectivity index (χ3n) is 11.4. The van der Waals surface area contributed by atoms with Gasteiger partial charge in [0.25, 0.3) is 10.1 Å². The molecule has 6 rings (SSSR count). The molecule has 8 atom stereocenters. The second kappa shape index (κ2) is 7.30. The third kappa shape index (κ3) is 2.79. The highest BCUT2D eigenvalue weighted by atomic mass is 32.2. The fraction of sp³-hybridized carbons (Fsp3) is 0.786. The fourth-order valence-electron chi connectivity index (χ4n) is 10.1. The van der Waals surface area contributed by atoms with Gasteiger partial charge in [0.05, 0.1) is 11.5 Å². The number of piperidine rings is 2. The molecular weight excluding hydrogens is 430 g/mol. The molecule has 182 valence electrons. The SMILES string of the molecule is Cc1ccc(S(=O)(=O)OCC[C@]23[C@@H]4[C@@H](C(C)C)CC[C@@]2(C)[C@H]2CC[C@@]5(CCC[C@H]53)N4C2)cc1. The van der Waals surface area contributed by atoms with Crippen molar-refractivity contribution in [1.29, 1.82) is 0 Å². The molecule has 33 heavy (non-hydrogen) atoms. The van der Waals surface area contributed by atoms with Gasteiger partial charge in [0, 0.05) is 18.1 Å². The van der Waals surface area contributed by atoms with Crippen molar-refractivity contribution in [3.05, 3.63) is 29.8 Å². The van der Waals surface area contributed by atoms with Crippen LogP contribution < -0.4 is 0 Å². The number of fused-ring (bicyclic) bond motifs is 2. The Morgan fingerprint density at radius 1 is 1.09 bits per heavy atom. The summed E-state index contributed by atoms with van der Waals surface area (Å²) in [6.45, 7) is 11.0. The summed E-state index contributed by atoms with van der Waals surface area (Å²) in [5.41, 5.74) is 1.94. The fourth-order valence-corrected chi connectivity index (χ4v) is 11.0. The van der Waals surface area contributed by atoms with Crippen molar-refractivity contribution < 1.29 is 12.6 Å². The average molecular weight is 472 g/mol. The highest BCUT2D eigenvalue weighted by Crippen LogP contribution is 2.79. The van der Waals surface area contributed by atoms with E-state index in [0.29, 0.717) is 41.4 Å². The van der Waals surface area contributed by atoms with Crippen LogP contribution in [0, 0.1) is 41.4 Å². The molecule has 0 N–H and O–H groups in total. The lowest BCUT2D eigenvalue weighted by Crippen LogP contribution is -2.68. The molecule has 1 aromatic rings. The lowest BCUT2D eigenvalue weighted by atomic mass is 9.42. The van der Waals surface area contributed by atoms with Crippen LogP contribution in [-0.2, 0) is 14.3 Å². The Morgan fingerprint density at radius 2 is 1.85 bits per heavy atom. The molecule has 3 saturated heterocycles. The van der Waals surface area contributed by atoms with Gasteiger partial charge in [-0.3, -0.25) is 9.08 Å². The molecule has 0 aromatic heterocycles. The lowest BCUT2D eigenvalue weighted by Gasteiger charge is -2.67. The van der Waals surface area contributed by atoms with Crippen molar-refractivity contribution in [2.75, 3.05) is 13.2 Å². The predicted octanol–water partition coefficient (Wildman–Crippen LogP) is 5.80. The molecule has 5 heteroatoms. The van der Waals surface area contributed by atoms with Crippen LogP contribution in [0.4, 0.5) is 0 Å². The molecule has 1 spiro atoms. The number of nitrogens with zero attached hydrogens (tertiary/aromatic N) is 1. The molecule has 4 nitrogen and oxygen atoms in total. The molecule has 5 fully saturated rings. The van der Waals surface area contributed by atoms with Gasteiger partial charge in [-0.05, 0) is 98.5 Å². The van der Waals surface area contributed by atoms with Crippen LogP contribution in [-0.4, -0.2) is 38.1 Å². The first kappa shape index (κ1) is 22.5. The zero-order chi connectivity index (χ0) is 23.2. The number of benzene rings is 1. The summed E-state index contributed by atoms with van der Waals surface area (Å²) in [7, 11) is -3.72. The van der Waals surface area contributed by atoms with E-state index in [4.69, 9.17) is 4.18 Å². The maximum Gasteiger partial charge on any atom is 0.296 e. The minimum absolute atomic E-state index is 0.193. The normalized spacial score (nSPS) is 45.5. The van der Waals surface area contributed by atoms with Gasteiger partial charge in [-0.2, -0.15) is 8.42 Å². The van der Waals surface area contributed by atoms with Gasteiger partial charge in [-0.25, -0.2) is 0 Å². The van der Waals surface area contributed by atoms with Gasteiger partial charge in [-0.15, -0.1) is 0 Å². The van der Waals surface area contributed by atoms with Crippen LogP contribution in [0.1, 0.15) is 77.7 Å². The molecule has 3 heterocycles. The number of aryl methyl sites for hydroxylation is 1. The molecule has 1 aromatic carbocycles. The first-order chi connectivity index (χ1) is 15.7. The van der Waals surface area contributed by atoms with Crippen LogP contribution >= 0.6 is 0 Å². The predicted molar refractivity (Wildman–Crippen MR) is 130 cm³/mol. The van der Waals surface area contributed by atoms with Crippen molar-refractivity contribution in [3.63, 3.8) is 0 Å². The molecule has 0 amide bonds. The highest BCUT2D eigenvalue weighted by molar-refractivity contribution is 7.86. The maximum atomic E-state index is 13.0. The van der Waals surface area contributed by atoms with Crippen molar-refractivity contribution in [1.82, 2.24) is 4.90 Å². The van der Waals surface area contributed by atoms with Crippen molar-refractivity contribution in [2.24, 2.45) is 34.5 Å². The van der Waals surface area contributed by atoms with Gasteiger partial charge in [0.1, 0.15) is 0 Å². The Labute approximate surface area is 200 Å². The molecule has 2 aliphatic carbocycles. The number of hydrogen-bond donors (Lipinski definition) is 0. The van der Waals surface area contributed by atoms with E-state index in [1.54, 1.807) is 12.1 Å². The van der Waals surface area contributed by atoms with Crippen LogP contribution in [0.2, 0.25) is 0 Å². The molecular formula is C28H41NO3S. The van der Waals surface area contributed by atoms with E-state index in [1.807, 2.05) is 19.1 Å². The standard InChI is InChI=1S/C28H41NO3S/c1-19(2)23-12-14-26(4)21-11-15-27-13-5-6-24(27)28(26,25(23)29(27)18-21)16-17-32-33(30,31)22-9-7-20(3)8-10-22/h7-10,19,21,23-25H,5-6,11-18H2,1-4H3/t21-,23+,24+,25-,26-,27+,28-/m0/s1. The minimum atomic E-state index is -3.72. The van der Waals surface area contributed by atoms with E-state index in [9.17, 15) is 8.42 Å². The molecule has 5 aliphatic rings. The van der Waals surface area contributed by atoms with E-state index < -0.39 is 10.1 Å². The zero-order valence-corrected chi connectivity index (χ0v) is 21.7. The average Bonchev–Trinajstić information content (AvgIpc) is 3.24. The summed E-state index contributed by atoms with van der Waals surface area (Å²) in [4.78, 5) is 3.30. The van der Waals surface area contributed by atoms with E-state index in [1.165, 1.54) is 51.5 Å². The summed E-state index contributed by atoms with van der Waals surface area (Å²) >= 11 is 0. The molecule has 1 unspecified atom stereocenters. The van der Waals surface area contributed by atoms with E-state index >= 15 is 0 Å². The van der Waals surface area contributed by atoms with Crippen LogP contribution in [0.5, 0.6) is 0 Å². The highest BCUT2D eigenvalue weighted by Gasteiger charge is 2.79. The molecule has 5 bridgehead atoms. The lowest BCUT2D eigenvalue weighted by molar-refractivity contribution is -0.183. The Morgan fingerprint density at radius 3 is 2.58 bits per heavy atom. The Kier molecular flexibility index (Phi) is 4.99. The number of hydrogen-bond acceptors (Lipinski definition) is 4. The minimum Gasteiger partial charge on any atom is -0.293 e. The van der Waals surface area contributed by atoms with Gasteiger partial charge >= 0.3 is 0 Å². The first-order valence-electron chi connectivity index (χ1n) is 13.4. The summed E-state index contributed by atoms with van der Waals surface area (Å²) in [6.07, 6.45) is 10.3. The van der Waals surface area contributed by atoms with Crippen LogP contribution in [0.3, 0.4) is 0 Å². The third-order valence-corrected chi connectivity index (χ3v) is 12.8. The molecule has 3 aliphatic heterocycles. The van der Waals surface area contributed by atoms with E-state index in [0.717, 1.165) is 17.9 Å². The van der Waals surface area contributed by atoms with Gasteiger partial charge in [-0.1, -0.05) is 44.9 Å². The Balaban J connectivity index is 1.36. The smallest absolute Gasteiger partial charge is 0.293 e. The Hall–Kier alpha value is -0.910. The van der Waals surface area contributed by atoms with Gasteiger partial charge < -0.3 is 0 Å². The van der Waals surface area contributed by atoms with Crippen molar-refractivity contribution >= 4 is 10.1 Å². The van der Waals surface area contributed by atoms with Gasteiger partial charge in [0.15, 0.2) is 0 Å². The summed E-state index contributed by atoms with van der Waals surface area (Å²) in [6, 6.07) is 7.66. The molecule has 2 saturated carbocycles. The van der Waals surface area contributed by atoms with Crippen molar-refractivity contribution in [2.45, 2.75) is 95.5 Å². The van der Waals surface area contributed by atoms with Crippen LogP contribution in [0.15, 0.2) is 29.2 Å². The second-order valence-electron chi connectivity index (χ2n) is 12.6.